The zero-order valence-electron chi connectivity index (χ0n) is 8.46. The maximum Gasteiger partial charge on any atom is 0.287 e. The topological polar surface area (TPSA) is 46.2 Å². The van der Waals surface area contributed by atoms with Gasteiger partial charge in [-0.25, -0.2) is 0 Å². The molecule has 13 heavy (non-hydrogen) atoms. The molecule has 0 heterocycles. The molecule has 3 nitrogen and oxygen atoms in total. The molecule has 1 aliphatic carbocycles. The zero-order valence-corrected chi connectivity index (χ0v) is 8.46. The summed E-state index contributed by atoms with van der Waals surface area (Å²) in [5.74, 6) is 1.17. The summed E-state index contributed by atoms with van der Waals surface area (Å²) in [5, 5.41) is 2.64. The van der Waals surface area contributed by atoms with Crippen LogP contribution in [0, 0.1) is 17.8 Å². The van der Waals surface area contributed by atoms with Gasteiger partial charge in [0.1, 0.15) is 0 Å². The lowest BCUT2D eigenvalue weighted by Gasteiger charge is -2.10. The summed E-state index contributed by atoms with van der Waals surface area (Å²) < 4.78 is 0. The second-order valence-corrected chi connectivity index (χ2v) is 4.12. The molecule has 0 spiro atoms. The minimum absolute atomic E-state index is 0.406. The van der Waals surface area contributed by atoms with Gasteiger partial charge in [-0.15, -0.1) is 0 Å². The third-order valence-corrected chi connectivity index (χ3v) is 2.81. The summed E-state index contributed by atoms with van der Waals surface area (Å²) in [6.07, 6.45) is 1.26. The van der Waals surface area contributed by atoms with Crippen LogP contribution >= 0.6 is 0 Å². The van der Waals surface area contributed by atoms with Crippen molar-refractivity contribution in [3.63, 3.8) is 0 Å². The minimum atomic E-state index is -0.458. The Labute approximate surface area is 78.9 Å². The Morgan fingerprint density at radius 3 is 2.46 bits per heavy atom. The second kappa shape index (κ2) is 3.90. The van der Waals surface area contributed by atoms with Crippen molar-refractivity contribution in [1.29, 1.82) is 0 Å². The molecule has 1 aliphatic rings. The van der Waals surface area contributed by atoms with E-state index in [1.165, 1.54) is 13.3 Å². The largest absolute Gasteiger partial charge is 0.349 e. The molecule has 1 N–H and O–H groups in total. The quantitative estimate of drug-likeness (QED) is 0.660. The molecule has 74 valence electrons. The average molecular weight is 183 g/mol. The molecular weight excluding hydrogens is 166 g/mol. The van der Waals surface area contributed by atoms with Crippen molar-refractivity contribution in [2.24, 2.45) is 17.8 Å². The lowest BCUT2D eigenvalue weighted by atomic mass is 10.1. The first kappa shape index (κ1) is 10.2. The molecule has 3 heteroatoms. The molecule has 1 rings (SSSR count). The number of amides is 1. The highest BCUT2D eigenvalue weighted by Crippen LogP contribution is 2.43. The predicted molar refractivity (Wildman–Crippen MR) is 50.1 cm³/mol. The summed E-state index contributed by atoms with van der Waals surface area (Å²) in [5.41, 5.74) is 0. The van der Waals surface area contributed by atoms with Crippen LogP contribution in [0.1, 0.15) is 27.2 Å². The molecule has 2 unspecified atom stereocenters. The smallest absolute Gasteiger partial charge is 0.287 e. The van der Waals surface area contributed by atoms with Gasteiger partial charge < -0.3 is 5.32 Å². The fraction of sp³-hybridized carbons (Fsp3) is 0.800. The van der Waals surface area contributed by atoms with E-state index < -0.39 is 11.7 Å². The van der Waals surface area contributed by atoms with E-state index in [1.807, 2.05) is 0 Å². The molecule has 0 aromatic rings. The second-order valence-electron chi connectivity index (χ2n) is 4.12. The van der Waals surface area contributed by atoms with E-state index in [9.17, 15) is 9.59 Å². The molecule has 0 radical (unpaired) electrons. The van der Waals surface area contributed by atoms with Crippen LogP contribution in [0.3, 0.4) is 0 Å². The summed E-state index contributed by atoms with van der Waals surface area (Å²) in [6.45, 7) is 6.26. The number of hydrogen-bond donors (Lipinski definition) is 1. The van der Waals surface area contributed by atoms with Gasteiger partial charge in [0.25, 0.3) is 5.91 Å². The maximum absolute atomic E-state index is 10.9. The first-order chi connectivity index (χ1) is 6.02. The molecule has 0 saturated heterocycles. The fourth-order valence-corrected chi connectivity index (χ4v) is 1.67. The van der Waals surface area contributed by atoms with Gasteiger partial charge in [-0.3, -0.25) is 9.59 Å². The molecule has 1 saturated carbocycles. The van der Waals surface area contributed by atoms with Gasteiger partial charge in [0, 0.05) is 13.5 Å². The predicted octanol–water partition coefficient (Wildman–Crippen LogP) is 0.984. The lowest BCUT2D eigenvalue weighted by molar-refractivity contribution is -0.136. The van der Waals surface area contributed by atoms with Crippen molar-refractivity contribution in [3.8, 4) is 0 Å². The van der Waals surface area contributed by atoms with Gasteiger partial charge in [0.2, 0.25) is 5.78 Å². The van der Waals surface area contributed by atoms with Gasteiger partial charge in [-0.1, -0.05) is 13.8 Å². The molecule has 0 aromatic carbocycles. The summed E-state index contributed by atoms with van der Waals surface area (Å²) in [4.78, 5) is 21.5. The third kappa shape index (κ3) is 2.83. The van der Waals surface area contributed by atoms with Gasteiger partial charge >= 0.3 is 0 Å². The van der Waals surface area contributed by atoms with E-state index >= 15 is 0 Å². The van der Waals surface area contributed by atoms with Gasteiger partial charge in [0.05, 0.1) is 0 Å². The Morgan fingerprint density at radius 2 is 2.08 bits per heavy atom. The minimum Gasteiger partial charge on any atom is -0.349 e. The number of hydrogen-bond acceptors (Lipinski definition) is 2. The van der Waals surface area contributed by atoms with Crippen molar-refractivity contribution in [1.82, 2.24) is 5.32 Å². The summed E-state index contributed by atoms with van der Waals surface area (Å²) in [7, 11) is 0. The van der Waals surface area contributed by atoms with Crippen LogP contribution < -0.4 is 5.32 Å². The molecule has 0 aromatic heterocycles. The molecular formula is C10H17NO2. The maximum atomic E-state index is 10.9. The van der Waals surface area contributed by atoms with E-state index in [0.717, 1.165) is 11.8 Å². The number of carbonyl (C=O) groups is 2. The number of Topliss-reactive ketones (excluding diaryl/α,β-unsaturated/α-hetero) is 1. The SMILES string of the molecule is CC(=O)C(=O)NCC(C)C1C[C@H]1C. The van der Waals surface area contributed by atoms with E-state index in [4.69, 9.17) is 0 Å². The molecule has 1 amide bonds. The van der Waals surface area contributed by atoms with Crippen LogP contribution in [0.15, 0.2) is 0 Å². The molecule has 3 atom stereocenters. The Balaban J connectivity index is 2.19. The van der Waals surface area contributed by atoms with Gasteiger partial charge in [-0.05, 0) is 24.2 Å². The van der Waals surface area contributed by atoms with Gasteiger partial charge in [0.15, 0.2) is 0 Å². The highest BCUT2D eigenvalue weighted by molar-refractivity contribution is 6.35. The van der Waals surface area contributed by atoms with Crippen LogP contribution in [0.5, 0.6) is 0 Å². The van der Waals surface area contributed by atoms with Crippen molar-refractivity contribution in [3.05, 3.63) is 0 Å². The summed E-state index contributed by atoms with van der Waals surface area (Å²) >= 11 is 0. The fourth-order valence-electron chi connectivity index (χ4n) is 1.67. The zero-order chi connectivity index (χ0) is 10.0. The highest BCUT2D eigenvalue weighted by atomic mass is 16.2. The van der Waals surface area contributed by atoms with E-state index in [1.54, 1.807) is 0 Å². The Bertz CT molecular complexity index is 225. The van der Waals surface area contributed by atoms with E-state index in [0.29, 0.717) is 12.5 Å². The molecule has 0 aliphatic heterocycles. The van der Waals surface area contributed by atoms with Crippen LogP contribution in [-0.4, -0.2) is 18.2 Å². The number of nitrogens with one attached hydrogen (secondary N) is 1. The Kier molecular flexibility index (Phi) is 3.07. The summed E-state index contributed by atoms with van der Waals surface area (Å²) in [6, 6.07) is 0. The first-order valence-corrected chi connectivity index (χ1v) is 4.81. The van der Waals surface area contributed by atoms with Crippen LogP contribution in [-0.2, 0) is 9.59 Å². The van der Waals surface area contributed by atoms with Crippen LogP contribution in [0.2, 0.25) is 0 Å². The normalized spacial score (nSPS) is 27.9. The molecule has 0 bridgehead atoms. The van der Waals surface area contributed by atoms with Crippen molar-refractivity contribution >= 4 is 11.7 Å². The van der Waals surface area contributed by atoms with Crippen molar-refractivity contribution in [2.75, 3.05) is 6.54 Å². The number of ketones is 1. The van der Waals surface area contributed by atoms with Gasteiger partial charge in [-0.2, -0.15) is 0 Å². The average Bonchev–Trinajstić information content (AvgIpc) is 2.77. The van der Waals surface area contributed by atoms with E-state index in [-0.39, 0.29) is 0 Å². The third-order valence-electron chi connectivity index (χ3n) is 2.81. The standard InChI is InChI=1S/C10H17NO2/c1-6-4-9(6)7(2)5-11-10(13)8(3)12/h6-7,9H,4-5H2,1-3H3,(H,11,13)/t6-,7?,9?/m1/s1. The van der Waals surface area contributed by atoms with E-state index in [2.05, 4.69) is 19.2 Å². The van der Waals surface area contributed by atoms with Crippen LogP contribution in [0.25, 0.3) is 0 Å². The Morgan fingerprint density at radius 1 is 1.54 bits per heavy atom. The lowest BCUT2D eigenvalue weighted by Crippen LogP contribution is -2.33. The first-order valence-electron chi connectivity index (χ1n) is 4.81. The van der Waals surface area contributed by atoms with Crippen molar-refractivity contribution in [2.45, 2.75) is 27.2 Å². The molecule has 1 fully saturated rings. The van der Waals surface area contributed by atoms with Crippen LogP contribution in [0.4, 0.5) is 0 Å². The number of carbonyl (C=O) groups excluding carboxylic acids is 2. The monoisotopic (exact) mass is 183 g/mol. The highest BCUT2D eigenvalue weighted by Gasteiger charge is 2.36. The number of rotatable bonds is 4. The Hall–Kier alpha value is -0.860. The van der Waals surface area contributed by atoms with Crippen molar-refractivity contribution < 1.29 is 9.59 Å².